The molecule has 0 spiro atoms. The molecule has 1 atom stereocenters. The minimum atomic E-state index is 0.0228. The molecule has 13 aromatic rings. The smallest absolute Gasteiger partial charge is 0.162 e. The Bertz CT molecular complexity index is 4190. The second-order valence-corrected chi connectivity index (χ2v) is 18.4. The molecule has 0 bridgehead atoms. The van der Waals surface area contributed by atoms with E-state index in [9.17, 15) is 0 Å². The first-order valence-electron chi connectivity index (χ1n) is 22.3. The molecule has 9 aromatic carbocycles. The quantitative estimate of drug-likeness (QED) is 0.175. The van der Waals surface area contributed by atoms with Crippen molar-refractivity contribution in [1.82, 2.24) is 9.13 Å². The zero-order chi connectivity index (χ0) is 42.8. The third-order valence-electron chi connectivity index (χ3n) is 13.6. The minimum absolute atomic E-state index is 0.0228. The lowest BCUT2D eigenvalue weighted by Crippen LogP contribution is -2.23. The molecular weight excluding hydrogens is 813 g/mol. The third-order valence-corrected chi connectivity index (χ3v) is 14.7. The molecule has 6 heteroatoms. The van der Waals surface area contributed by atoms with E-state index in [4.69, 9.17) is 14.4 Å². The monoisotopic (exact) mass is 850 g/mol. The maximum Gasteiger partial charge on any atom is 0.162 e. The molecule has 306 valence electrons. The van der Waals surface area contributed by atoms with Crippen LogP contribution in [0.1, 0.15) is 24.5 Å². The lowest BCUT2D eigenvalue weighted by molar-refractivity contribution is 0.669. The van der Waals surface area contributed by atoms with E-state index < -0.39 is 0 Å². The van der Waals surface area contributed by atoms with Gasteiger partial charge in [0.05, 0.1) is 38.8 Å². The number of nitrogens with zero attached hydrogens (tertiary/aromatic N) is 4. The number of amidine groups is 1. The van der Waals surface area contributed by atoms with Gasteiger partial charge in [0.15, 0.2) is 5.84 Å². The summed E-state index contributed by atoms with van der Waals surface area (Å²) in [6.07, 6.45) is 3.08. The van der Waals surface area contributed by atoms with Crippen molar-refractivity contribution in [1.29, 1.82) is 0 Å². The second kappa shape index (κ2) is 14.0. The van der Waals surface area contributed by atoms with Gasteiger partial charge in [0.2, 0.25) is 0 Å². The first-order chi connectivity index (χ1) is 32.2. The Kier molecular flexibility index (Phi) is 7.83. The molecule has 65 heavy (non-hydrogen) atoms. The average molecular weight is 851 g/mol. The van der Waals surface area contributed by atoms with E-state index in [1.54, 1.807) is 0 Å². The van der Waals surface area contributed by atoms with Crippen LogP contribution in [-0.2, 0) is 0 Å². The van der Waals surface area contributed by atoms with E-state index in [1.165, 1.54) is 52.5 Å². The van der Waals surface area contributed by atoms with Crippen LogP contribution in [0.15, 0.2) is 209 Å². The number of furan rings is 1. The minimum Gasteiger partial charge on any atom is -0.456 e. The normalized spacial score (nSPS) is 17.3. The maximum absolute atomic E-state index is 6.69. The molecule has 0 saturated heterocycles. The number of para-hydroxylation sites is 4. The van der Waals surface area contributed by atoms with E-state index in [0.29, 0.717) is 5.84 Å². The van der Waals surface area contributed by atoms with Crippen molar-refractivity contribution in [3.8, 4) is 5.69 Å². The van der Waals surface area contributed by atoms with Gasteiger partial charge in [-0.2, -0.15) is 0 Å². The Morgan fingerprint density at radius 1 is 0.477 bits per heavy atom. The van der Waals surface area contributed by atoms with Crippen molar-refractivity contribution in [2.24, 2.45) is 15.9 Å². The van der Waals surface area contributed by atoms with Gasteiger partial charge in [-0.1, -0.05) is 140 Å². The van der Waals surface area contributed by atoms with Gasteiger partial charge >= 0.3 is 0 Å². The summed E-state index contributed by atoms with van der Waals surface area (Å²) in [4.78, 5) is 11.7. The largest absolute Gasteiger partial charge is 0.456 e. The SMILES string of the molecule is CC1C/C=C(c2ccc3oc4ccccc4c3c2-n2c3ccccc3c3cc4ccccc4cc32)/N=C(c2cccc3sc4ccccc4c23)\N=C/1n1c2ccccc2c2ccccc21. The number of aromatic nitrogens is 2. The van der Waals surface area contributed by atoms with Crippen molar-refractivity contribution in [2.75, 3.05) is 0 Å². The second-order valence-electron chi connectivity index (χ2n) is 17.3. The van der Waals surface area contributed by atoms with E-state index in [1.807, 2.05) is 11.3 Å². The van der Waals surface area contributed by atoms with Crippen LogP contribution in [-0.4, -0.2) is 20.8 Å². The number of hydrogen-bond acceptors (Lipinski definition) is 4. The fourth-order valence-corrected chi connectivity index (χ4v) is 11.8. The Morgan fingerprint density at radius 2 is 1.09 bits per heavy atom. The average Bonchev–Trinajstić information content (AvgIpc) is 4.10. The molecule has 0 amide bonds. The highest BCUT2D eigenvalue weighted by atomic mass is 32.1. The number of aliphatic imine (C=N–C) groups is 2. The maximum atomic E-state index is 6.69. The van der Waals surface area contributed by atoms with Crippen LogP contribution >= 0.6 is 11.3 Å². The van der Waals surface area contributed by atoms with Crippen molar-refractivity contribution in [2.45, 2.75) is 13.3 Å². The van der Waals surface area contributed by atoms with Crippen LogP contribution in [0.25, 0.3) is 108 Å². The molecule has 14 rings (SSSR count). The van der Waals surface area contributed by atoms with Crippen molar-refractivity contribution in [3.05, 3.63) is 205 Å². The summed E-state index contributed by atoms with van der Waals surface area (Å²) in [7, 11) is 0. The molecule has 5 heterocycles. The molecule has 5 nitrogen and oxygen atoms in total. The number of benzene rings is 9. The molecule has 0 fully saturated rings. The number of hydrogen-bond donors (Lipinski definition) is 0. The van der Waals surface area contributed by atoms with Crippen LogP contribution in [0.4, 0.5) is 0 Å². The number of allylic oxidation sites excluding steroid dienone is 1. The standard InChI is InChI=1S/C59H38N4OS/c1-35-29-31-46(41-30-32-52-56(42-20-7-12-26-51(42)64-52)57(41)62-47-23-9-6-19-40(47)45-33-36-15-2-3-16-37(36)34-50(45)62)60-58(44-22-14-28-54-55(44)43-21-8-13-27-53(43)65-54)61-59(35)63-48-24-10-4-17-38(48)39-18-5-11-25-49(39)63/h2-28,30-35H,29H2,1H3/b46-31+,60-58-,61-59+. The molecular formula is C59H38N4OS. The fraction of sp³-hybridized carbons (Fsp3) is 0.0508. The molecule has 1 aliphatic rings. The van der Waals surface area contributed by atoms with Gasteiger partial charge in [-0.15, -0.1) is 11.3 Å². The summed E-state index contributed by atoms with van der Waals surface area (Å²) < 4.78 is 14.0. The summed E-state index contributed by atoms with van der Waals surface area (Å²) in [5.74, 6) is 1.68. The fourth-order valence-electron chi connectivity index (χ4n) is 10.6. The topological polar surface area (TPSA) is 47.7 Å². The van der Waals surface area contributed by atoms with Gasteiger partial charge in [0.25, 0.3) is 0 Å². The number of thiophene rings is 1. The van der Waals surface area contributed by atoms with Crippen LogP contribution in [0.3, 0.4) is 0 Å². The zero-order valence-electron chi connectivity index (χ0n) is 35.4. The van der Waals surface area contributed by atoms with Crippen molar-refractivity contribution >= 4 is 125 Å². The van der Waals surface area contributed by atoms with Gasteiger partial charge in [0.1, 0.15) is 17.0 Å². The Hall–Kier alpha value is -8.06. The van der Waals surface area contributed by atoms with E-state index >= 15 is 0 Å². The molecule has 1 aliphatic heterocycles. The Balaban J connectivity index is 1.11. The van der Waals surface area contributed by atoms with Gasteiger partial charge in [-0.3, -0.25) is 4.57 Å². The molecule has 4 aromatic heterocycles. The first-order valence-corrected chi connectivity index (χ1v) is 23.1. The lowest BCUT2D eigenvalue weighted by atomic mass is 9.98. The third kappa shape index (κ3) is 5.38. The van der Waals surface area contributed by atoms with Crippen LogP contribution < -0.4 is 0 Å². The van der Waals surface area contributed by atoms with E-state index in [0.717, 1.165) is 78.8 Å². The predicted octanol–water partition coefficient (Wildman–Crippen LogP) is 16.1. The van der Waals surface area contributed by atoms with Crippen LogP contribution in [0.2, 0.25) is 0 Å². The summed E-state index contributed by atoms with van der Waals surface area (Å²) in [5, 5.41) is 11.7. The summed E-state index contributed by atoms with van der Waals surface area (Å²) in [6, 6.07) is 67.7. The summed E-state index contributed by atoms with van der Waals surface area (Å²) in [6.45, 7) is 2.31. The molecule has 0 N–H and O–H groups in total. The van der Waals surface area contributed by atoms with Gasteiger partial charge in [-0.25, -0.2) is 9.98 Å². The molecule has 0 saturated carbocycles. The van der Waals surface area contributed by atoms with E-state index in [-0.39, 0.29) is 5.92 Å². The van der Waals surface area contributed by atoms with Crippen LogP contribution in [0.5, 0.6) is 0 Å². The summed E-state index contributed by atoms with van der Waals surface area (Å²) in [5.41, 5.74) is 10.2. The zero-order valence-corrected chi connectivity index (χ0v) is 36.2. The highest BCUT2D eigenvalue weighted by Gasteiger charge is 2.27. The van der Waals surface area contributed by atoms with Crippen molar-refractivity contribution < 1.29 is 4.42 Å². The van der Waals surface area contributed by atoms with Gasteiger partial charge < -0.3 is 8.98 Å². The highest BCUT2D eigenvalue weighted by molar-refractivity contribution is 7.25. The van der Waals surface area contributed by atoms with E-state index in [2.05, 4.69) is 210 Å². The van der Waals surface area contributed by atoms with Crippen LogP contribution in [0, 0.1) is 5.92 Å². The Labute approximate surface area is 377 Å². The first kappa shape index (κ1) is 36.4. The Morgan fingerprint density at radius 3 is 1.86 bits per heavy atom. The molecule has 0 aliphatic carbocycles. The van der Waals surface area contributed by atoms with Gasteiger partial charge in [-0.05, 0) is 77.9 Å². The van der Waals surface area contributed by atoms with Gasteiger partial charge in [0, 0.05) is 64.1 Å². The molecule has 1 unspecified atom stereocenters. The summed E-state index contributed by atoms with van der Waals surface area (Å²) >= 11 is 1.82. The predicted molar refractivity (Wildman–Crippen MR) is 275 cm³/mol. The van der Waals surface area contributed by atoms with Crippen molar-refractivity contribution in [3.63, 3.8) is 0 Å². The number of rotatable bonds is 3. The molecule has 0 radical (unpaired) electrons. The highest BCUT2D eigenvalue weighted by Crippen LogP contribution is 2.45. The number of fused-ring (bicyclic) bond motifs is 13. The lowest BCUT2D eigenvalue weighted by Gasteiger charge is -2.22.